The van der Waals surface area contributed by atoms with Gasteiger partial charge in [0.2, 0.25) is 5.82 Å². The number of halogens is 1. The standard InChI is InChI=1S/C23H17FN4O3/c24-18-5-1-17(2-6-18)23(29)28-13-20(14-28)30-19-7-3-15(4-8-19)21-26-22(31-27-21)16-9-11-25-12-10-16/h1-12,20H,13-14H2. The van der Waals surface area contributed by atoms with Gasteiger partial charge < -0.3 is 14.2 Å². The van der Waals surface area contributed by atoms with Crippen LogP contribution in [0.3, 0.4) is 0 Å². The predicted molar refractivity (Wildman–Crippen MR) is 110 cm³/mol. The lowest BCUT2D eigenvalue weighted by atomic mass is 10.1. The Bertz CT molecular complexity index is 1190. The third-order valence-corrected chi connectivity index (χ3v) is 4.99. The van der Waals surface area contributed by atoms with E-state index in [-0.39, 0.29) is 17.8 Å². The van der Waals surface area contributed by atoms with Crippen LogP contribution in [0.15, 0.2) is 77.6 Å². The fourth-order valence-electron chi connectivity index (χ4n) is 3.28. The summed E-state index contributed by atoms with van der Waals surface area (Å²) >= 11 is 0. The number of pyridine rings is 1. The summed E-state index contributed by atoms with van der Waals surface area (Å²) in [6.45, 7) is 0.968. The number of aromatic nitrogens is 3. The van der Waals surface area contributed by atoms with Crippen LogP contribution in [0.2, 0.25) is 0 Å². The summed E-state index contributed by atoms with van der Waals surface area (Å²) in [4.78, 5) is 22.4. The fraction of sp³-hybridized carbons (Fsp3) is 0.130. The Labute approximate surface area is 177 Å². The summed E-state index contributed by atoms with van der Waals surface area (Å²) in [7, 11) is 0. The second-order valence-electron chi connectivity index (χ2n) is 7.14. The molecule has 31 heavy (non-hydrogen) atoms. The molecule has 0 radical (unpaired) electrons. The van der Waals surface area contributed by atoms with Crippen molar-refractivity contribution in [1.29, 1.82) is 0 Å². The molecule has 0 aliphatic carbocycles. The Morgan fingerprint density at radius 3 is 2.39 bits per heavy atom. The number of carbonyl (C=O) groups excluding carboxylic acids is 1. The number of hydrogen-bond donors (Lipinski definition) is 0. The van der Waals surface area contributed by atoms with E-state index in [0.29, 0.717) is 36.1 Å². The first-order valence-electron chi connectivity index (χ1n) is 9.72. The van der Waals surface area contributed by atoms with E-state index in [1.807, 2.05) is 24.3 Å². The highest BCUT2D eigenvalue weighted by Crippen LogP contribution is 2.25. The van der Waals surface area contributed by atoms with Crippen molar-refractivity contribution in [3.8, 4) is 28.6 Å². The maximum Gasteiger partial charge on any atom is 0.258 e. The van der Waals surface area contributed by atoms with E-state index < -0.39 is 0 Å². The summed E-state index contributed by atoms with van der Waals surface area (Å²) in [5, 5.41) is 4.03. The number of amides is 1. The molecule has 154 valence electrons. The normalized spacial score (nSPS) is 13.6. The molecule has 0 bridgehead atoms. The van der Waals surface area contributed by atoms with Crippen molar-refractivity contribution >= 4 is 5.91 Å². The minimum Gasteiger partial charge on any atom is -0.487 e. The molecule has 1 aliphatic heterocycles. The smallest absolute Gasteiger partial charge is 0.258 e. The van der Waals surface area contributed by atoms with Crippen molar-refractivity contribution in [3.05, 3.63) is 84.4 Å². The molecule has 1 aliphatic rings. The maximum atomic E-state index is 13.0. The zero-order chi connectivity index (χ0) is 21.2. The van der Waals surface area contributed by atoms with Gasteiger partial charge in [0.25, 0.3) is 11.8 Å². The van der Waals surface area contributed by atoms with E-state index in [4.69, 9.17) is 9.26 Å². The van der Waals surface area contributed by atoms with Crippen LogP contribution < -0.4 is 4.74 Å². The number of nitrogens with zero attached hydrogens (tertiary/aromatic N) is 4. The number of ether oxygens (including phenoxy) is 1. The van der Waals surface area contributed by atoms with Gasteiger partial charge in [-0.3, -0.25) is 9.78 Å². The lowest BCUT2D eigenvalue weighted by Gasteiger charge is -2.39. The molecule has 8 heteroatoms. The summed E-state index contributed by atoms with van der Waals surface area (Å²) in [5.74, 6) is 1.12. The number of hydrogen-bond acceptors (Lipinski definition) is 6. The average molecular weight is 416 g/mol. The van der Waals surface area contributed by atoms with E-state index >= 15 is 0 Å². The third kappa shape index (κ3) is 4.00. The molecule has 2 aromatic heterocycles. The molecule has 1 amide bonds. The van der Waals surface area contributed by atoms with Crippen LogP contribution in [0, 0.1) is 5.82 Å². The third-order valence-electron chi connectivity index (χ3n) is 4.99. The molecule has 0 spiro atoms. The SMILES string of the molecule is O=C(c1ccc(F)cc1)N1CC(Oc2ccc(-c3noc(-c4ccncc4)n3)cc2)C1. The van der Waals surface area contributed by atoms with Gasteiger partial charge in [-0.1, -0.05) is 5.16 Å². The zero-order valence-electron chi connectivity index (χ0n) is 16.3. The lowest BCUT2D eigenvalue weighted by molar-refractivity contribution is 0.0178. The van der Waals surface area contributed by atoms with Gasteiger partial charge in [0.15, 0.2) is 0 Å². The zero-order valence-corrected chi connectivity index (χ0v) is 16.3. The Morgan fingerprint density at radius 1 is 0.968 bits per heavy atom. The maximum absolute atomic E-state index is 13.0. The first kappa shape index (κ1) is 18.9. The molecule has 0 saturated carbocycles. The summed E-state index contributed by atoms with van der Waals surface area (Å²) in [6.07, 6.45) is 3.25. The Morgan fingerprint density at radius 2 is 1.68 bits per heavy atom. The Balaban J connectivity index is 1.18. The second-order valence-corrected chi connectivity index (χ2v) is 7.14. The molecular formula is C23H17FN4O3. The Hall–Kier alpha value is -4.07. The van der Waals surface area contributed by atoms with Crippen LogP contribution in [-0.4, -0.2) is 45.1 Å². The minimum atomic E-state index is -0.362. The highest BCUT2D eigenvalue weighted by molar-refractivity contribution is 5.94. The number of rotatable bonds is 5. The molecule has 0 N–H and O–H groups in total. The van der Waals surface area contributed by atoms with Gasteiger partial charge in [-0.2, -0.15) is 4.98 Å². The number of likely N-dealkylation sites (tertiary alicyclic amines) is 1. The second kappa shape index (κ2) is 7.98. The quantitative estimate of drug-likeness (QED) is 0.492. The molecule has 7 nitrogen and oxygen atoms in total. The molecule has 1 fully saturated rings. The molecule has 5 rings (SSSR count). The topological polar surface area (TPSA) is 81.4 Å². The van der Waals surface area contributed by atoms with Crippen LogP contribution in [0.1, 0.15) is 10.4 Å². The van der Waals surface area contributed by atoms with Crippen molar-refractivity contribution in [2.75, 3.05) is 13.1 Å². The van der Waals surface area contributed by atoms with Crippen molar-refractivity contribution in [3.63, 3.8) is 0 Å². The van der Waals surface area contributed by atoms with Crippen LogP contribution >= 0.6 is 0 Å². The van der Waals surface area contributed by atoms with Crippen molar-refractivity contribution in [2.24, 2.45) is 0 Å². The first-order valence-corrected chi connectivity index (χ1v) is 9.72. The van der Waals surface area contributed by atoms with E-state index in [0.717, 1.165) is 11.1 Å². The molecule has 1 saturated heterocycles. The van der Waals surface area contributed by atoms with Gasteiger partial charge in [-0.25, -0.2) is 4.39 Å². The highest BCUT2D eigenvalue weighted by Gasteiger charge is 2.32. The van der Waals surface area contributed by atoms with Crippen molar-refractivity contribution in [2.45, 2.75) is 6.10 Å². The number of carbonyl (C=O) groups is 1. The first-order chi connectivity index (χ1) is 15.2. The molecule has 2 aromatic carbocycles. The summed E-state index contributed by atoms with van der Waals surface area (Å²) in [6, 6.07) is 16.5. The van der Waals surface area contributed by atoms with E-state index in [1.165, 1.54) is 24.3 Å². The van der Waals surface area contributed by atoms with Crippen LogP contribution in [0.25, 0.3) is 22.8 Å². The largest absolute Gasteiger partial charge is 0.487 e. The summed E-state index contributed by atoms with van der Waals surface area (Å²) < 4.78 is 24.3. The molecule has 3 heterocycles. The highest BCUT2D eigenvalue weighted by atomic mass is 19.1. The van der Waals surface area contributed by atoms with Gasteiger partial charge in [0, 0.05) is 29.1 Å². The molecular weight excluding hydrogens is 399 g/mol. The average Bonchev–Trinajstić information content (AvgIpc) is 3.27. The van der Waals surface area contributed by atoms with Crippen molar-refractivity contribution in [1.82, 2.24) is 20.0 Å². The monoisotopic (exact) mass is 416 g/mol. The van der Waals surface area contributed by atoms with Gasteiger partial charge in [0.05, 0.1) is 13.1 Å². The van der Waals surface area contributed by atoms with Crippen LogP contribution in [0.4, 0.5) is 4.39 Å². The minimum absolute atomic E-state index is 0.0845. The van der Waals surface area contributed by atoms with Crippen LogP contribution in [0.5, 0.6) is 5.75 Å². The predicted octanol–water partition coefficient (Wildman–Crippen LogP) is 3.84. The van der Waals surface area contributed by atoms with Crippen LogP contribution in [-0.2, 0) is 0 Å². The molecule has 0 atom stereocenters. The van der Waals surface area contributed by atoms with E-state index in [9.17, 15) is 9.18 Å². The van der Waals surface area contributed by atoms with Crippen molar-refractivity contribution < 1.29 is 18.4 Å². The van der Waals surface area contributed by atoms with Gasteiger partial charge >= 0.3 is 0 Å². The van der Waals surface area contributed by atoms with E-state index in [2.05, 4.69) is 15.1 Å². The van der Waals surface area contributed by atoms with Gasteiger partial charge in [0.1, 0.15) is 17.7 Å². The lowest BCUT2D eigenvalue weighted by Crippen LogP contribution is -2.56. The summed E-state index contributed by atoms with van der Waals surface area (Å²) in [5.41, 5.74) is 2.08. The van der Waals surface area contributed by atoms with Gasteiger partial charge in [-0.05, 0) is 60.7 Å². The molecule has 0 unspecified atom stereocenters. The Kier molecular flexibility index (Phi) is 4.87. The number of benzene rings is 2. The fourth-order valence-corrected chi connectivity index (χ4v) is 3.28. The van der Waals surface area contributed by atoms with E-state index in [1.54, 1.807) is 29.4 Å². The molecule has 4 aromatic rings. The van der Waals surface area contributed by atoms with Gasteiger partial charge in [-0.15, -0.1) is 0 Å².